The summed E-state index contributed by atoms with van der Waals surface area (Å²) in [5.41, 5.74) is 7.17. The molecule has 3 N–H and O–H groups in total. The summed E-state index contributed by atoms with van der Waals surface area (Å²) in [4.78, 5) is 14.6. The minimum atomic E-state index is 0. The van der Waals surface area contributed by atoms with Gasteiger partial charge in [0.25, 0.3) is 0 Å². The van der Waals surface area contributed by atoms with Crippen molar-refractivity contribution in [1.29, 1.82) is 0 Å². The molecular weight excluding hydrogens is 333 g/mol. The van der Waals surface area contributed by atoms with Gasteiger partial charge in [-0.2, -0.15) is 0 Å². The number of carbonyl (C=O) groups is 1. The summed E-state index contributed by atoms with van der Waals surface area (Å²) in [6.07, 6.45) is 4.86. The van der Waals surface area contributed by atoms with Gasteiger partial charge in [-0.1, -0.05) is 18.2 Å². The Balaban J connectivity index is 0.00000132. The molecule has 2 fully saturated rings. The van der Waals surface area contributed by atoms with Gasteiger partial charge in [0.05, 0.1) is 0 Å². The third-order valence-electron chi connectivity index (χ3n) is 4.81. The van der Waals surface area contributed by atoms with Crippen molar-refractivity contribution in [3.05, 3.63) is 30.3 Å². The third kappa shape index (κ3) is 5.27. The zero-order valence-electron chi connectivity index (χ0n) is 13.3. The number of hydrogen-bond donors (Lipinski definition) is 2. The van der Waals surface area contributed by atoms with E-state index in [0.717, 1.165) is 45.2 Å². The predicted molar refractivity (Wildman–Crippen MR) is 99.6 cm³/mol. The van der Waals surface area contributed by atoms with Crippen molar-refractivity contribution in [1.82, 2.24) is 5.32 Å². The molecule has 0 aromatic heterocycles. The summed E-state index contributed by atoms with van der Waals surface area (Å²) in [5, 5.41) is 3.23. The first kappa shape index (κ1) is 20.1. The fourth-order valence-corrected chi connectivity index (χ4v) is 3.49. The van der Waals surface area contributed by atoms with Crippen LogP contribution in [0.4, 0.5) is 5.69 Å². The van der Waals surface area contributed by atoms with Gasteiger partial charge < -0.3 is 16.0 Å². The van der Waals surface area contributed by atoms with Gasteiger partial charge in [-0.3, -0.25) is 4.79 Å². The number of anilines is 1. The van der Waals surface area contributed by atoms with Crippen LogP contribution in [-0.2, 0) is 4.79 Å². The molecule has 1 saturated heterocycles. The Labute approximate surface area is 151 Å². The van der Waals surface area contributed by atoms with Crippen molar-refractivity contribution in [3.8, 4) is 0 Å². The second-order valence-corrected chi connectivity index (χ2v) is 6.38. The van der Waals surface area contributed by atoms with Crippen LogP contribution in [0.2, 0.25) is 0 Å². The SMILES string of the molecule is Cl.Cl.NC1CCC(C(=O)NC2CCN(c3ccccc3)CC2)C1. The largest absolute Gasteiger partial charge is 0.371 e. The number of halogens is 2. The van der Waals surface area contributed by atoms with E-state index in [4.69, 9.17) is 5.73 Å². The molecule has 1 aromatic carbocycles. The first-order chi connectivity index (χ1) is 10.2. The van der Waals surface area contributed by atoms with Crippen molar-refractivity contribution in [2.75, 3.05) is 18.0 Å². The molecule has 6 heteroatoms. The van der Waals surface area contributed by atoms with Crippen molar-refractivity contribution in [3.63, 3.8) is 0 Å². The average molecular weight is 360 g/mol. The summed E-state index contributed by atoms with van der Waals surface area (Å²) >= 11 is 0. The van der Waals surface area contributed by atoms with E-state index in [1.165, 1.54) is 5.69 Å². The fraction of sp³-hybridized carbons (Fsp3) is 0.588. The van der Waals surface area contributed by atoms with Crippen LogP contribution in [0.25, 0.3) is 0 Å². The molecule has 2 aliphatic rings. The van der Waals surface area contributed by atoms with Crippen LogP contribution in [-0.4, -0.2) is 31.1 Å². The molecular formula is C17H27Cl2N3O. The molecule has 0 radical (unpaired) electrons. The smallest absolute Gasteiger partial charge is 0.223 e. The minimum absolute atomic E-state index is 0. The van der Waals surface area contributed by atoms with Gasteiger partial charge in [-0.25, -0.2) is 0 Å². The van der Waals surface area contributed by atoms with Gasteiger partial charge in [0, 0.05) is 36.8 Å². The number of benzene rings is 1. The number of nitrogens with one attached hydrogen (secondary N) is 1. The van der Waals surface area contributed by atoms with Crippen LogP contribution in [0, 0.1) is 5.92 Å². The van der Waals surface area contributed by atoms with Gasteiger partial charge in [0.15, 0.2) is 0 Å². The maximum atomic E-state index is 12.2. The van der Waals surface area contributed by atoms with Crippen LogP contribution in [0.1, 0.15) is 32.1 Å². The Bertz CT molecular complexity index is 478. The summed E-state index contributed by atoms with van der Waals surface area (Å²) in [6.45, 7) is 2.03. The maximum Gasteiger partial charge on any atom is 0.223 e. The highest BCUT2D eigenvalue weighted by Crippen LogP contribution is 2.25. The van der Waals surface area contributed by atoms with Crippen molar-refractivity contribution >= 4 is 36.4 Å². The highest BCUT2D eigenvalue weighted by Gasteiger charge is 2.29. The van der Waals surface area contributed by atoms with E-state index >= 15 is 0 Å². The van der Waals surface area contributed by atoms with Gasteiger partial charge in [-0.05, 0) is 44.2 Å². The molecule has 1 heterocycles. The van der Waals surface area contributed by atoms with E-state index in [-0.39, 0.29) is 42.7 Å². The van der Waals surface area contributed by atoms with Gasteiger partial charge in [-0.15, -0.1) is 24.8 Å². The van der Waals surface area contributed by atoms with Crippen molar-refractivity contribution in [2.45, 2.75) is 44.2 Å². The summed E-state index contributed by atoms with van der Waals surface area (Å²) in [6, 6.07) is 11.1. The van der Waals surface area contributed by atoms with E-state index in [9.17, 15) is 4.79 Å². The molecule has 3 rings (SSSR count). The topological polar surface area (TPSA) is 58.4 Å². The predicted octanol–water partition coefficient (Wildman–Crippen LogP) is 2.74. The van der Waals surface area contributed by atoms with Crippen LogP contribution >= 0.6 is 24.8 Å². The molecule has 1 aromatic rings. The van der Waals surface area contributed by atoms with Crippen LogP contribution < -0.4 is 16.0 Å². The van der Waals surface area contributed by atoms with Gasteiger partial charge in [0.2, 0.25) is 5.91 Å². The lowest BCUT2D eigenvalue weighted by Crippen LogP contribution is -2.46. The number of hydrogen-bond acceptors (Lipinski definition) is 3. The number of nitrogens with zero attached hydrogens (tertiary/aromatic N) is 1. The number of rotatable bonds is 3. The molecule has 130 valence electrons. The van der Waals surface area contributed by atoms with Gasteiger partial charge in [0.1, 0.15) is 0 Å². The van der Waals surface area contributed by atoms with Crippen LogP contribution in [0.3, 0.4) is 0 Å². The van der Waals surface area contributed by atoms with E-state index in [0.29, 0.717) is 6.04 Å². The van der Waals surface area contributed by atoms with E-state index < -0.39 is 0 Å². The molecule has 2 atom stereocenters. The van der Waals surface area contributed by atoms with Crippen LogP contribution in [0.5, 0.6) is 0 Å². The fourth-order valence-electron chi connectivity index (χ4n) is 3.49. The molecule has 1 saturated carbocycles. The summed E-state index contributed by atoms with van der Waals surface area (Å²) in [5.74, 6) is 0.369. The number of amides is 1. The molecule has 1 amide bonds. The Kier molecular flexibility index (Phi) is 8.17. The standard InChI is InChI=1S/C17H25N3O.2ClH/c18-14-7-6-13(12-14)17(21)19-15-8-10-20(11-9-15)16-4-2-1-3-5-16;;/h1-5,13-15H,6-12,18H2,(H,19,21);2*1H. The summed E-state index contributed by atoms with van der Waals surface area (Å²) in [7, 11) is 0. The van der Waals surface area contributed by atoms with E-state index in [1.807, 2.05) is 6.07 Å². The zero-order chi connectivity index (χ0) is 14.7. The normalized spacial score (nSPS) is 24.5. The summed E-state index contributed by atoms with van der Waals surface area (Å²) < 4.78 is 0. The average Bonchev–Trinajstić information content (AvgIpc) is 2.96. The molecule has 1 aliphatic carbocycles. The second kappa shape index (κ2) is 9.36. The third-order valence-corrected chi connectivity index (χ3v) is 4.81. The van der Waals surface area contributed by atoms with Crippen molar-refractivity contribution < 1.29 is 4.79 Å². The molecule has 2 unspecified atom stereocenters. The van der Waals surface area contributed by atoms with E-state index in [1.54, 1.807) is 0 Å². The lowest BCUT2D eigenvalue weighted by Gasteiger charge is -2.34. The first-order valence-electron chi connectivity index (χ1n) is 8.08. The molecule has 0 spiro atoms. The highest BCUT2D eigenvalue weighted by atomic mass is 35.5. The molecule has 1 aliphatic heterocycles. The second-order valence-electron chi connectivity index (χ2n) is 6.38. The Morgan fingerprint density at radius 1 is 1.04 bits per heavy atom. The zero-order valence-corrected chi connectivity index (χ0v) is 15.0. The number of para-hydroxylation sites is 1. The number of nitrogens with two attached hydrogens (primary N) is 1. The number of carbonyl (C=O) groups excluding carboxylic acids is 1. The lowest BCUT2D eigenvalue weighted by molar-refractivity contribution is -0.125. The highest BCUT2D eigenvalue weighted by molar-refractivity contribution is 5.85. The maximum absolute atomic E-state index is 12.2. The molecule has 0 bridgehead atoms. The molecule has 4 nitrogen and oxygen atoms in total. The number of piperidine rings is 1. The van der Waals surface area contributed by atoms with Crippen LogP contribution in [0.15, 0.2) is 30.3 Å². The van der Waals surface area contributed by atoms with Gasteiger partial charge >= 0.3 is 0 Å². The monoisotopic (exact) mass is 359 g/mol. The molecule has 23 heavy (non-hydrogen) atoms. The van der Waals surface area contributed by atoms with E-state index in [2.05, 4.69) is 34.5 Å². The van der Waals surface area contributed by atoms with Crippen molar-refractivity contribution in [2.24, 2.45) is 11.7 Å². The lowest BCUT2D eigenvalue weighted by atomic mass is 10.0. The minimum Gasteiger partial charge on any atom is -0.371 e. The quantitative estimate of drug-likeness (QED) is 0.872. The first-order valence-corrected chi connectivity index (χ1v) is 8.08. The Morgan fingerprint density at radius 2 is 1.70 bits per heavy atom. The Morgan fingerprint density at radius 3 is 2.26 bits per heavy atom. The Hall–Kier alpha value is -0.970.